The molecule has 0 saturated heterocycles. The van der Waals surface area contributed by atoms with Crippen molar-refractivity contribution in [3.63, 3.8) is 0 Å². The van der Waals surface area contributed by atoms with Crippen LogP contribution in [0.25, 0.3) is 10.4 Å². The third-order valence-electron chi connectivity index (χ3n) is 4.26. The van der Waals surface area contributed by atoms with Crippen molar-refractivity contribution in [2.75, 3.05) is 13.1 Å². The van der Waals surface area contributed by atoms with Gasteiger partial charge in [-0.25, -0.2) is 0 Å². The lowest BCUT2D eigenvalue weighted by molar-refractivity contribution is -0.121. The van der Waals surface area contributed by atoms with Crippen LogP contribution in [0.4, 0.5) is 0 Å². The Hall–Kier alpha value is -1.48. The van der Waals surface area contributed by atoms with E-state index in [0.717, 1.165) is 12.8 Å². The Balaban J connectivity index is 3.21. The number of allylic oxidation sites excluding steroid dienone is 2. The van der Waals surface area contributed by atoms with Gasteiger partial charge in [-0.1, -0.05) is 75.6 Å². The normalized spacial score (nSPS) is 10.8. The molecule has 0 bridgehead atoms. The van der Waals surface area contributed by atoms with E-state index in [1.807, 2.05) is 0 Å². The van der Waals surface area contributed by atoms with Crippen LogP contribution in [0.1, 0.15) is 96.8 Å². The van der Waals surface area contributed by atoms with Crippen molar-refractivity contribution >= 4 is 5.91 Å². The molecule has 0 aliphatic carbocycles. The van der Waals surface area contributed by atoms with Crippen molar-refractivity contribution in [3.05, 3.63) is 22.6 Å². The van der Waals surface area contributed by atoms with Crippen molar-refractivity contribution in [1.29, 1.82) is 0 Å². The molecule has 144 valence electrons. The Morgan fingerprint density at radius 1 is 0.920 bits per heavy atom. The molecule has 0 radical (unpaired) electrons. The zero-order chi connectivity index (χ0) is 18.4. The van der Waals surface area contributed by atoms with Crippen molar-refractivity contribution in [3.8, 4) is 0 Å². The number of azide groups is 1. The van der Waals surface area contributed by atoms with Gasteiger partial charge in [0, 0.05) is 24.4 Å². The molecule has 0 rings (SSSR count). The van der Waals surface area contributed by atoms with Gasteiger partial charge in [0.2, 0.25) is 5.91 Å². The summed E-state index contributed by atoms with van der Waals surface area (Å²) in [7, 11) is 0. The molecule has 0 saturated carbocycles. The average molecular weight is 351 g/mol. The number of hydrogen-bond donors (Lipinski definition) is 1. The summed E-state index contributed by atoms with van der Waals surface area (Å²) in [5.74, 6) is 0.0609. The quantitative estimate of drug-likeness (QED) is 0.0995. The van der Waals surface area contributed by atoms with E-state index in [9.17, 15) is 4.79 Å². The van der Waals surface area contributed by atoms with E-state index in [0.29, 0.717) is 19.5 Å². The van der Waals surface area contributed by atoms with Crippen LogP contribution in [-0.2, 0) is 4.79 Å². The summed E-state index contributed by atoms with van der Waals surface area (Å²) < 4.78 is 0. The Labute approximate surface area is 154 Å². The number of unbranched alkanes of at least 4 members (excludes halogenated alkanes) is 11. The smallest absolute Gasteiger partial charge is 0.219 e. The van der Waals surface area contributed by atoms with E-state index in [4.69, 9.17) is 5.53 Å². The van der Waals surface area contributed by atoms with E-state index in [2.05, 4.69) is 34.4 Å². The highest BCUT2D eigenvalue weighted by Crippen LogP contribution is 2.09. The molecule has 25 heavy (non-hydrogen) atoms. The van der Waals surface area contributed by atoms with Gasteiger partial charge in [-0.05, 0) is 37.6 Å². The highest BCUT2D eigenvalue weighted by atomic mass is 16.1. The fourth-order valence-corrected chi connectivity index (χ4v) is 2.73. The molecule has 0 unspecified atom stereocenters. The first-order chi connectivity index (χ1) is 12.3. The zero-order valence-electron chi connectivity index (χ0n) is 16.2. The molecule has 5 nitrogen and oxygen atoms in total. The molecule has 0 aromatic rings. The van der Waals surface area contributed by atoms with E-state index < -0.39 is 0 Å². The summed E-state index contributed by atoms with van der Waals surface area (Å²) in [6.45, 7) is 3.03. The molecule has 1 amide bonds. The SMILES string of the molecule is CCCCCCCC/C=C/CCCCCCCC(=O)NCCN=[N+]=[N-]. The van der Waals surface area contributed by atoms with Crippen LogP contribution in [0.3, 0.4) is 0 Å². The number of nitrogens with zero attached hydrogens (tertiary/aromatic N) is 3. The monoisotopic (exact) mass is 350 g/mol. The Kier molecular flexibility index (Phi) is 19.3. The van der Waals surface area contributed by atoms with Crippen molar-refractivity contribution < 1.29 is 4.79 Å². The molecule has 0 aliphatic rings. The molecule has 0 spiro atoms. The number of nitrogens with one attached hydrogen (secondary N) is 1. The topological polar surface area (TPSA) is 77.9 Å². The summed E-state index contributed by atoms with van der Waals surface area (Å²) in [6, 6.07) is 0. The summed E-state index contributed by atoms with van der Waals surface area (Å²) in [4.78, 5) is 14.1. The fourth-order valence-electron chi connectivity index (χ4n) is 2.73. The molecule has 1 N–H and O–H groups in total. The van der Waals surface area contributed by atoms with Gasteiger partial charge < -0.3 is 5.32 Å². The Morgan fingerprint density at radius 2 is 1.48 bits per heavy atom. The van der Waals surface area contributed by atoms with E-state index >= 15 is 0 Å². The molecule has 5 heteroatoms. The van der Waals surface area contributed by atoms with E-state index in [1.165, 1.54) is 70.6 Å². The lowest BCUT2D eigenvalue weighted by Crippen LogP contribution is -2.25. The lowest BCUT2D eigenvalue weighted by Gasteiger charge is -2.03. The number of rotatable bonds is 18. The Morgan fingerprint density at radius 3 is 2.08 bits per heavy atom. The first-order valence-corrected chi connectivity index (χ1v) is 10.2. The van der Waals surface area contributed by atoms with Crippen LogP contribution in [0, 0.1) is 0 Å². The third-order valence-corrected chi connectivity index (χ3v) is 4.26. The number of hydrogen-bond acceptors (Lipinski definition) is 2. The highest BCUT2D eigenvalue weighted by Gasteiger charge is 1.99. The second-order valence-electron chi connectivity index (χ2n) is 6.64. The maximum atomic E-state index is 11.5. The summed E-state index contributed by atoms with van der Waals surface area (Å²) in [5.41, 5.74) is 8.13. The van der Waals surface area contributed by atoms with Crippen LogP contribution < -0.4 is 5.32 Å². The standard InChI is InChI=1S/C20H38N4O/c1-2-3-4-5-6-7-8-9-10-11-12-13-14-15-16-17-20(25)22-18-19-23-24-21/h9-10H,2-8,11-19H2,1H3,(H,22,25)/b10-9+. The number of carbonyl (C=O) groups is 1. The highest BCUT2D eigenvalue weighted by molar-refractivity contribution is 5.75. The fraction of sp³-hybridized carbons (Fsp3) is 0.850. The maximum Gasteiger partial charge on any atom is 0.219 e. The van der Waals surface area contributed by atoms with Gasteiger partial charge in [-0.2, -0.15) is 0 Å². The van der Waals surface area contributed by atoms with Crippen molar-refractivity contribution in [1.82, 2.24) is 5.32 Å². The van der Waals surface area contributed by atoms with Gasteiger partial charge >= 0.3 is 0 Å². The third kappa shape index (κ3) is 20.5. The first-order valence-electron chi connectivity index (χ1n) is 10.2. The largest absolute Gasteiger partial charge is 0.356 e. The van der Waals surface area contributed by atoms with Crippen molar-refractivity contribution in [2.45, 2.75) is 96.8 Å². The molecule has 0 aliphatic heterocycles. The van der Waals surface area contributed by atoms with Crippen LogP contribution in [0.15, 0.2) is 17.3 Å². The van der Waals surface area contributed by atoms with Gasteiger partial charge in [0.05, 0.1) is 0 Å². The average Bonchev–Trinajstić information content (AvgIpc) is 2.62. The molecule has 0 atom stereocenters. The predicted octanol–water partition coefficient (Wildman–Crippen LogP) is 6.45. The molecule has 0 aromatic carbocycles. The van der Waals surface area contributed by atoms with Gasteiger partial charge in [0.15, 0.2) is 0 Å². The molecule has 0 aromatic heterocycles. The summed E-state index contributed by atoms with van der Waals surface area (Å²) in [5, 5.41) is 6.13. The second-order valence-corrected chi connectivity index (χ2v) is 6.64. The van der Waals surface area contributed by atoms with Gasteiger partial charge in [-0.15, -0.1) is 0 Å². The molecule has 0 heterocycles. The number of amides is 1. The Bertz CT molecular complexity index is 376. The van der Waals surface area contributed by atoms with Crippen LogP contribution >= 0.6 is 0 Å². The van der Waals surface area contributed by atoms with Crippen LogP contribution in [0.5, 0.6) is 0 Å². The summed E-state index contributed by atoms with van der Waals surface area (Å²) >= 11 is 0. The predicted molar refractivity (Wildman–Crippen MR) is 106 cm³/mol. The zero-order valence-corrected chi connectivity index (χ0v) is 16.2. The lowest BCUT2D eigenvalue weighted by atomic mass is 10.1. The van der Waals surface area contributed by atoms with Crippen LogP contribution in [0.2, 0.25) is 0 Å². The molecular weight excluding hydrogens is 312 g/mol. The molecule has 0 fully saturated rings. The minimum atomic E-state index is 0.0609. The first kappa shape index (κ1) is 23.5. The van der Waals surface area contributed by atoms with Crippen molar-refractivity contribution in [2.24, 2.45) is 5.11 Å². The van der Waals surface area contributed by atoms with Gasteiger partial charge in [0.25, 0.3) is 0 Å². The molecular formula is C20H38N4O. The number of carbonyl (C=O) groups excluding carboxylic acids is 1. The summed E-state index contributed by atoms with van der Waals surface area (Å²) in [6.07, 6.45) is 21.7. The minimum Gasteiger partial charge on any atom is -0.356 e. The van der Waals surface area contributed by atoms with Gasteiger partial charge in [-0.3, -0.25) is 4.79 Å². The van der Waals surface area contributed by atoms with Gasteiger partial charge in [0.1, 0.15) is 0 Å². The second kappa shape index (κ2) is 20.6. The van der Waals surface area contributed by atoms with E-state index in [1.54, 1.807) is 0 Å². The maximum absolute atomic E-state index is 11.5. The van der Waals surface area contributed by atoms with E-state index in [-0.39, 0.29) is 5.91 Å². The van der Waals surface area contributed by atoms with Crippen LogP contribution in [-0.4, -0.2) is 19.0 Å². The minimum absolute atomic E-state index is 0.0609.